The van der Waals surface area contributed by atoms with E-state index in [9.17, 15) is 8.78 Å². The van der Waals surface area contributed by atoms with Crippen molar-refractivity contribution in [2.24, 2.45) is 5.92 Å². The van der Waals surface area contributed by atoms with E-state index >= 15 is 0 Å². The Kier molecular flexibility index (Phi) is 7.81. The van der Waals surface area contributed by atoms with E-state index in [4.69, 9.17) is 4.74 Å². The molecule has 0 spiro atoms. The van der Waals surface area contributed by atoms with E-state index in [0.29, 0.717) is 11.8 Å². The van der Waals surface area contributed by atoms with Crippen molar-refractivity contribution in [3.63, 3.8) is 0 Å². The van der Waals surface area contributed by atoms with Gasteiger partial charge in [0.2, 0.25) is 5.95 Å². The molecule has 0 aliphatic heterocycles. The Bertz CT molecular complexity index is 724. The van der Waals surface area contributed by atoms with Crippen molar-refractivity contribution < 1.29 is 13.5 Å². The summed E-state index contributed by atoms with van der Waals surface area (Å²) in [5, 5.41) is 0. The highest BCUT2D eigenvalue weighted by Gasteiger charge is 2.22. The van der Waals surface area contributed by atoms with Crippen LogP contribution >= 0.6 is 0 Å². The van der Waals surface area contributed by atoms with Gasteiger partial charge in [-0.05, 0) is 86.1 Å². The number of ether oxygens (including phenoxy) is 1. The molecule has 4 heteroatoms. The zero-order valence-corrected chi connectivity index (χ0v) is 16.8. The van der Waals surface area contributed by atoms with Crippen LogP contribution in [0.3, 0.4) is 0 Å². The Balaban J connectivity index is 1.41. The summed E-state index contributed by atoms with van der Waals surface area (Å²) in [5.74, 6) is 0.384. The van der Waals surface area contributed by atoms with Crippen molar-refractivity contribution in [1.29, 1.82) is 0 Å². The van der Waals surface area contributed by atoms with Crippen molar-refractivity contribution in [3.05, 3.63) is 59.4 Å². The van der Waals surface area contributed by atoms with Gasteiger partial charge in [-0.15, -0.1) is 0 Å². The third kappa shape index (κ3) is 6.02. The minimum Gasteiger partial charge on any atom is -0.494 e. The number of hydrogen-bond donors (Lipinski definition) is 0. The van der Waals surface area contributed by atoms with E-state index in [0.717, 1.165) is 37.2 Å². The molecule has 1 heterocycles. The van der Waals surface area contributed by atoms with Crippen LogP contribution in [-0.2, 0) is 6.42 Å². The van der Waals surface area contributed by atoms with Crippen molar-refractivity contribution in [1.82, 2.24) is 4.98 Å². The number of pyridine rings is 1. The number of aryl methyl sites for hydroxylation is 1. The average Bonchev–Trinajstić information content (AvgIpc) is 2.73. The molecule has 0 unspecified atom stereocenters. The summed E-state index contributed by atoms with van der Waals surface area (Å²) in [6, 6.07) is 9.91. The lowest BCUT2D eigenvalue weighted by molar-refractivity contribution is 0.303. The van der Waals surface area contributed by atoms with Crippen LogP contribution in [-0.4, -0.2) is 11.6 Å². The Labute approximate surface area is 167 Å². The summed E-state index contributed by atoms with van der Waals surface area (Å²) < 4.78 is 32.0. The molecule has 1 aliphatic carbocycles. The van der Waals surface area contributed by atoms with Gasteiger partial charge < -0.3 is 4.74 Å². The second-order valence-electron chi connectivity index (χ2n) is 8.00. The molecule has 152 valence electrons. The normalized spacial score (nSPS) is 19.5. The van der Waals surface area contributed by atoms with Gasteiger partial charge in [0, 0.05) is 6.20 Å². The first-order chi connectivity index (χ1) is 13.7. The number of benzene rings is 1. The molecule has 2 aromatic rings. The van der Waals surface area contributed by atoms with Crippen LogP contribution in [0.25, 0.3) is 0 Å². The van der Waals surface area contributed by atoms with Crippen LogP contribution in [0, 0.1) is 17.7 Å². The quantitative estimate of drug-likeness (QED) is 0.347. The average molecular weight is 388 g/mol. The summed E-state index contributed by atoms with van der Waals surface area (Å²) in [5.41, 5.74) is 2.19. The number of unbranched alkanes of at least 4 members (excludes halogenated alkanes) is 2. The number of aromatic nitrogens is 1. The minimum atomic E-state index is -1.01. The summed E-state index contributed by atoms with van der Waals surface area (Å²) >= 11 is 0. The second kappa shape index (κ2) is 10.5. The van der Waals surface area contributed by atoms with Gasteiger partial charge in [0.25, 0.3) is 0 Å². The van der Waals surface area contributed by atoms with Crippen LogP contribution in [0.1, 0.15) is 75.3 Å². The van der Waals surface area contributed by atoms with Gasteiger partial charge in [-0.25, -0.2) is 9.37 Å². The molecule has 28 heavy (non-hydrogen) atoms. The standard InChI is InChI=1S/C24H31F2NO/c1-2-3-4-15-28-22-13-11-21(12-14-22)20-9-7-18(8-10-20)5-6-19-16-23(25)24(26)27-17-19/h11-14,16-18,20H,2-10,15H2,1H3. The molecule has 1 aliphatic rings. The third-order valence-corrected chi connectivity index (χ3v) is 5.91. The van der Waals surface area contributed by atoms with Crippen LogP contribution < -0.4 is 4.74 Å². The molecule has 1 aromatic carbocycles. The Morgan fingerprint density at radius 1 is 1.04 bits per heavy atom. The molecule has 1 aromatic heterocycles. The Morgan fingerprint density at radius 3 is 2.46 bits per heavy atom. The molecular formula is C24H31F2NO. The molecule has 0 saturated heterocycles. The fourth-order valence-electron chi connectivity index (χ4n) is 4.13. The van der Waals surface area contributed by atoms with E-state index in [1.165, 1.54) is 56.4 Å². The zero-order chi connectivity index (χ0) is 19.8. The molecule has 0 amide bonds. The van der Waals surface area contributed by atoms with Crippen molar-refractivity contribution in [2.45, 2.75) is 70.6 Å². The molecule has 0 atom stereocenters. The Morgan fingerprint density at radius 2 is 1.79 bits per heavy atom. The molecular weight excluding hydrogens is 356 g/mol. The fourth-order valence-corrected chi connectivity index (χ4v) is 4.13. The van der Waals surface area contributed by atoms with Crippen LogP contribution in [0.15, 0.2) is 36.5 Å². The first-order valence-corrected chi connectivity index (χ1v) is 10.7. The highest BCUT2D eigenvalue weighted by molar-refractivity contribution is 5.29. The van der Waals surface area contributed by atoms with Gasteiger partial charge in [-0.3, -0.25) is 0 Å². The highest BCUT2D eigenvalue weighted by Crippen LogP contribution is 2.38. The first kappa shape index (κ1) is 20.8. The Hall–Kier alpha value is -1.97. The molecule has 0 bridgehead atoms. The van der Waals surface area contributed by atoms with Gasteiger partial charge in [0.15, 0.2) is 5.82 Å². The highest BCUT2D eigenvalue weighted by atomic mass is 19.2. The smallest absolute Gasteiger partial charge is 0.248 e. The predicted molar refractivity (Wildman–Crippen MR) is 109 cm³/mol. The number of nitrogens with zero attached hydrogens (tertiary/aromatic N) is 1. The first-order valence-electron chi connectivity index (χ1n) is 10.7. The predicted octanol–water partition coefficient (Wildman–Crippen LogP) is 6.84. The van der Waals surface area contributed by atoms with Gasteiger partial charge in [-0.1, -0.05) is 31.9 Å². The molecule has 3 rings (SSSR count). The van der Waals surface area contributed by atoms with E-state index < -0.39 is 11.8 Å². The third-order valence-electron chi connectivity index (χ3n) is 5.91. The largest absolute Gasteiger partial charge is 0.494 e. The van der Waals surface area contributed by atoms with Gasteiger partial charge >= 0.3 is 0 Å². The maximum atomic E-state index is 13.3. The summed E-state index contributed by atoms with van der Waals surface area (Å²) in [6.45, 7) is 3.00. The van der Waals surface area contributed by atoms with E-state index in [1.54, 1.807) is 0 Å². The molecule has 1 saturated carbocycles. The molecule has 1 fully saturated rings. The van der Waals surface area contributed by atoms with E-state index in [1.807, 2.05) is 0 Å². The molecule has 0 radical (unpaired) electrons. The topological polar surface area (TPSA) is 22.1 Å². The van der Waals surface area contributed by atoms with Crippen molar-refractivity contribution in [2.75, 3.05) is 6.61 Å². The minimum absolute atomic E-state index is 0.621. The van der Waals surface area contributed by atoms with Gasteiger partial charge in [-0.2, -0.15) is 4.39 Å². The lowest BCUT2D eigenvalue weighted by atomic mass is 9.77. The van der Waals surface area contributed by atoms with Crippen LogP contribution in [0.5, 0.6) is 5.75 Å². The number of hydrogen-bond acceptors (Lipinski definition) is 2. The van der Waals surface area contributed by atoms with Crippen molar-refractivity contribution in [3.8, 4) is 5.75 Å². The summed E-state index contributed by atoms with van der Waals surface area (Å²) in [6.07, 6.45) is 11.5. The van der Waals surface area contributed by atoms with E-state index in [2.05, 4.69) is 36.2 Å². The SMILES string of the molecule is CCCCCOc1ccc(C2CCC(CCc3cnc(F)c(F)c3)CC2)cc1. The van der Waals surface area contributed by atoms with Gasteiger partial charge in [0.05, 0.1) is 6.61 Å². The maximum Gasteiger partial charge on any atom is 0.248 e. The summed E-state index contributed by atoms with van der Waals surface area (Å²) in [4.78, 5) is 3.48. The molecule has 2 nitrogen and oxygen atoms in total. The number of halogens is 2. The second-order valence-corrected chi connectivity index (χ2v) is 8.00. The van der Waals surface area contributed by atoms with Crippen LogP contribution in [0.4, 0.5) is 8.78 Å². The zero-order valence-electron chi connectivity index (χ0n) is 16.8. The number of rotatable bonds is 9. The van der Waals surface area contributed by atoms with E-state index in [-0.39, 0.29) is 0 Å². The lowest BCUT2D eigenvalue weighted by Gasteiger charge is -2.29. The van der Waals surface area contributed by atoms with Crippen molar-refractivity contribution >= 4 is 0 Å². The fraction of sp³-hybridized carbons (Fsp3) is 0.542. The monoisotopic (exact) mass is 387 g/mol. The lowest BCUT2D eigenvalue weighted by Crippen LogP contribution is -2.14. The van der Waals surface area contributed by atoms with Crippen LogP contribution in [0.2, 0.25) is 0 Å². The van der Waals surface area contributed by atoms with Gasteiger partial charge in [0.1, 0.15) is 5.75 Å². The molecule has 0 N–H and O–H groups in total. The summed E-state index contributed by atoms with van der Waals surface area (Å²) in [7, 11) is 0. The maximum absolute atomic E-state index is 13.3.